The summed E-state index contributed by atoms with van der Waals surface area (Å²) in [5.74, 6) is -2.98. The van der Waals surface area contributed by atoms with Crippen molar-refractivity contribution in [2.45, 2.75) is 25.8 Å². The molecule has 0 saturated carbocycles. The van der Waals surface area contributed by atoms with E-state index >= 15 is 0 Å². The number of nitrogens with zero attached hydrogens (tertiary/aromatic N) is 2. The Kier molecular flexibility index (Phi) is 10.9. The van der Waals surface area contributed by atoms with E-state index in [0.717, 1.165) is 43.4 Å². The maximum Gasteiger partial charge on any atom is 0.490 e. The minimum atomic E-state index is -5.08. The van der Waals surface area contributed by atoms with Gasteiger partial charge in [-0.1, -0.05) is 0 Å². The van der Waals surface area contributed by atoms with Crippen molar-refractivity contribution in [1.82, 2.24) is 9.88 Å². The number of carboxylic acids is 2. The first-order valence-electron chi connectivity index (χ1n) is 11.2. The summed E-state index contributed by atoms with van der Waals surface area (Å²) in [6.45, 7) is 5.81. The quantitative estimate of drug-likeness (QED) is 0.471. The molecule has 39 heavy (non-hydrogen) atoms. The number of pyridine rings is 1. The Labute approximate surface area is 217 Å². The average Bonchev–Trinajstić information content (AvgIpc) is 3.44. The second-order valence-electron chi connectivity index (χ2n) is 8.61. The maximum atomic E-state index is 12.7. The molecule has 216 valence electrons. The van der Waals surface area contributed by atoms with Gasteiger partial charge in [0.1, 0.15) is 11.5 Å². The summed E-state index contributed by atoms with van der Waals surface area (Å²) in [5.41, 5.74) is 0.732. The lowest BCUT2D eigenvalue weighted by Gasteiger charge is -2.32. The molecule has 2 fully saturated rings. The lowest BCUT2D eigenvalue weighted by molar-refractivity contribution is -0.193. The number of carboxylic acid groups (broad SMARTS) is 2. The molecule has 0 radical (unpaired) electrons. The SMILES string of the molecule is Cc1ccc(CN2C[C@@H]3COC[C@@H](C(=O)Nc4cccnc4)[C@@H]3C2)o1.O=C(O)C(F)(F)F.O=C(O)C(F)(F)F. The number of anilines is 1. The van der Waals surface area contributed by atoms with E-state index in [2.05, 4.69) is 15.2 Å². The van der Waals surface area contributed by atoms with Gasteiger partial charge in [0.05, 0.1) is 37.6 Å². The predicted octanol–water partition coefficient (Wildman–Crippen LogP) is 3.58. The number of likely N-dealkylation sites (tertiary alicyclic amines) is 1. The number of carbonyl (C=O) groups excluding carboxylic acids is 1. The summed E-state index contributed by atoms with van der Waals surface area (Å²) in [5, 5.41) is 17.2. The van der Waals surface area contributed by atoms with Gasteiger partial charge in [-0.25, -0.2) is 9.59 Å². The molecule has 0 unspecified atom stereocenters. The molecule has 10 nitrogen and oxygen atoms in total. The minimum absolute atomic E-state index is 0.0263. The summed E-state index contributed by atoms with van der Waals surface area (Å²) >= 11 is 0. The highest BCUT2D eigenvalue weighted by atomic mass is 19.4. The first-order valence-corrected chi connectivity index (χ1v) is 11.2. The van der Waals surface area contributed by atoms with Gasteiger partial charge < -0.3 is 24.7 Å². The van der Waals surface area contributed by atoms with Crippen molar-refractivity contribution in [3.8, 4) is 0 Å². The number of halogens is 6. The van der Waals surface area contributed by atoms with Gasteiger partial charge in [0.25, 0.3) is 0 Å². The van der Waals surface area contributed by atoms with Crippen LogP contribution in [-0.2, 0) is 25.7 Å². The number of hydrogen-bond acceptors (Lipinski definition) is 7. The lowest BCUT2D eigenvalue weighted by Crippen LogP contribution is -2.41. The molecule has 1 amide bonds. The van der Waals surface area contributed by atoms with Crippen molar-refractivity contribution in [2.24, 2.45) is 17.8 Å². The maximum absolute atomic E-state index is 12.7. The van der Waals surface area contributed by atoms with Gasteiger partial charge in [0.15, 0.2) is 0 Å². The van der Waals surface area contributed by atoms with Gasteiger partial charge in [0, 0.05) is 19.3 Å². The Morgan fingerprint density at radius 1 is 1.03 bits per heavy atom. The molecule has 4 heterocycles. The van der Waals surface area contributed by atoms with Crippen LogP contribution in [0.25, 0.3) is 0 Å². The highest BCUT2D eigenvalue weighted by molar-refractivity contribution is 5.92. The van der Waals surface area contributed by atoms with Crippen molar-refractivity contribution in [2.75, 3.05) is 31.6 Å². The van der Waals surface area contributed by atoms with Gasteiger partial charge in [-0.3, -0.25) is 14.7 Å². The zero-order chi connectivity index (χ0) is 29.4. The van der Waals surface area contributed by atoms with Crippen LogP contribution in [0.15, 0.2) is 41.1 Å². The Bertz CT molecular complexity index is 1080. The Hall–Kier alpha value is -3.66. The van der Waals surface area contributed by atoms with E-state index < -0.39 is 24.3 Å². The summed E-state index contributed by atoms with van der Waals surface area (Å²) in [6.07, 6.45) is -6.81. The Morgan fingerprint density at radius 2 is 1.64 bits per heavy atom. The van der Waals surface area contributed by atoms with Crippen LogP contribution in [0.5, 0.6) is 0 Å². The highest BCUT2D eigenvalue weighted by Crippen LogP contribution is 2.35. The number of fused-ring (bicyclic) bond motifs is 1. The first-order chi connectivity index (χ1) is 18.1. The van der Waals surface area contributed by atoms with E-state index in [1.54, 1.807) is 12.4 Å². The van der Waals surface area contributed by atoms with E-state index in [1.807, 2.05) is 31.2 Å². The number of rotatable bonds is 4. The average molecular weight is 569 g/mol. The van der Waals surface area contributed by atoms with Crippen molar-refractivity contribution >= 4 is 23.5 Å². The third-order valence-electron chi connectivity index (χ3n) is 5.64. The van der Waals surface area contributed by atoms with Crippen LogP contribution in [0.2, 0.25) is 0 Å². The molecule has 0 aliphatic carbocycles. The van der Waals surface area contributed by atoms with E-state index in [9.17, 15) is 31.1 Å². The van der Waals surface area contributed by atoms with E-state index in [4.69, 9.17) is 29.0 Å². The standard InChI is InChI=1S/C19H23N3O3.2C2HF3O2/c1-13-4-5-16(25-13)9-22-8-14-11-24-12-18(17(14)10-22)19(23)21-15-3-2-6-20-7-15;2*3-2(4,5)1(6)7/h2-7,14,17-18H,8-12H2,1H3,(H,21,23);2*(H,6,7)/t14-,17-,18-;;/m1../s1. The van der Waals surface area contributed by atoms with E-state index in [0.29, 0.717) is 18.4 Å². The number of carbonyl (C=O) groups is 3. The zero-order valence-electron chi connectivity index (χ0n) is 20.3. The molecule has 2 aliphatic heterocycles. The van der Waals surface area contributed by atoms with Crippen LogP contribution < -0.4 is 5.32 Å². The van der Waals surface area contributed by atoms with E-state index in [1.165, 1.54) is 0 Å². The number of aryl methyl sites for hydroxylation is 1. The van der Waals surface area contributed by atoms with Crippen LogP contribution in [-0.4, -0.2) is 76.6 Å². The summed E-state index contributed by atoms with van der Waals surface area (Å²) in [4.78, 5) is 36.9. The van der Waals surface area contributed by atoms with Crippen molar-refractivity contribution in [3.05, 3.63) is 48.2 Å². The molecule has 4 rings (SSSR count). The first kappa shape index (κ1) is 31.6. The molecule has 2 aromatic heterocycles. The fourth-order valence-electron chi connectivity index (χ4n) is 3.95. The molecule has 3 N–H and O–H groups in total. The minimum Gasteiger partial charge on any atom is -0.475 e. The molecule has 16 heteroatoms. The smallest absolute Gasteiger partial charge is 0.475 e. The van der Waals surface area contributed by atoms with Crippen molar-refractivity contribution < 1.29 is 60.1 Å². The molecule has 2 aliphatic rings. The number of furan rings is 1. The fourth-order valence-corrected chi connectivity index (χ4v) is 3.95. The third kappa shape index (κ3) is 10.2. The largest absolute Gasteiger partial charge is 0.490 e. The van der Waals surface area contributed by atoms with Gasteiger partial charge in [-0.05, 0) is 43.0 Å². The molecule has 0 aromatic carbocycles. The zero-order valence-corrected chi connectivity index (χ0v) is 20.3. The number of aliphatic carboxylic acids is 2. The second-order valence-corrected chi connectivity index (χ2v) is 8.61. The molecule has 2 aromatic rings. The molecule has 3 atom stereocenters. The monoisotopic (exact) mass is 569 g/mol. The summed E-state index contributed by atoms with van der Waals surface area (Å²) < 4.78 is 74.9. The second kappa shape index (κ2) is 13.4. The van der Waals surface area contributed by atoms with Gasteiger partial charge in [-0.15, -0.1) is 0 Å². The van der Waals surface area contributed by atoms with Gasteiger partial charge in [-0.2, -0.15) is 26.3 Å². The van der Waals surface area contributed by atoms with Gasteiger partial charge >= 0.3 is 24.3 Å². The van der Waals surface area contributed by atoms with Crippen LogP contribution in [0.3, 0.4) is 0 Å². The lowest BCUT2D eigenvalue weighted by atomic mass is 9.82. The summed E-state index contributed by atoms with van der Waals surface area (Å²) in [7, 11) is 0. The molecule has 0 bridgehead atoms. The molecular weight excluding hydrogens is 544 g/mol. The number of alkyl halides is 6. The van der Waals surface area contributed by atoms with E-state index in [-0.39, 0.29) is 11.8 Å². The summed E-state index contributed by atoms with van der Waals surface area (Å²) in [6, 6.07) is 7.69. The van der Waals surface area contributed by atoms with Crippen LogP contribution in [0.4, 0.5) is 32.0 Å². The Balaban J connectivity index is 0.000000317. The van der Waals surface area contributed by atoms with Crippen LogP contribution in [0, 0.1) is 24.7 Å². The topological polar surface area (TPSA) is 142 Å². The number of aromatic nitrogens is 1. The van der Waals surface area contributed by atoms with Crippen molar-refractivity contribution in [3.63, 3.8) is 0 Å². The van der Waals surface area contributed by atoms with Gasteiger partial charge in [0.2, 0.25) is 5.91 Å². The van der Waals surface area contributed by atoms with Crippen LogP contribution >= 0.6 is 0 Å². The normalized spacial score (nSPS) is 20.9. The van der Waals surface area contributed by atoms with Crippen LogP contribution in [0.1, 0.15) is 11.5 Å². The third-order valence-corrected chi connectivity index (χ3v) is 5.64. The Morgan fingerprint density at radius 3 is 2.13 bits per heavy atom. The van der Waals surface area contributed by atoms with Crippen molar-refractivity contribution in [1.29, 1.82) is 0 Å². The highest BCUT2D eigenvalue weighted by Gasteiger charge is 2.44. The molecule has 0 spiro atoms. The molecule has 2 saturated heterocycles. The number of ether oxygens (including phenoxy) is 1. The predicted molar refractivity (Wildman–Crippen MR) is 120 cm³/mol. The fraction of sp³-hybridized carbons (Fsp3) is 0.478. The number of amides is 1. The number of nitrogens with one attached hydrogen (secondary N) is 1. The number of hydrogen-bond donors (Lipinski definition) is 3. The molecular formula is C23H25F6N3O7.